The fraction of sp³-hybridized carbons (Fsp3) is 0.500. The Morgan fingerprint density at radius 1 is 1.33 bits per heavy atom. The molecule has 0 aromatic carbocycles. The van der Waals surface area contributed by atoms with Crippen molar-refractivity contribution in [3.8, 4) is 0 Å². The van der Waals surface area contributed by atoms with E-state index in [1.54, 1.807) is 6.20 Å². The maximum Gasteiger partial charge on any atom is 0.251 e. The van der Waals surface area contributed by atoms with Gasteiger partial charge in [0, 0.05) is 11.8 Å². The maximum atomic E-state index is 11.0. The van der Waals surface area contributed by atoms with E-state index < -0.39 is 0 Å². The molecular formula is C10H19NO. The molecule has 0 unspecified atom stereocenters. The molecule has 0 radical (unpaired) electrons. The molecule has 0 aliphatic rings. The Bertz CT molecular complexity index is 263. The van der Waals surface area contributed by atoms with E-state index in [-0.39, 0.29) is 20.4 Å². The average molecular weight is 169 g/mol. The number of aromatic amines is 1. The average Bonchev–Trinajstić information content (AvgIpc) is 1.88. The predicted octanol–water partition coefficient (Wildman–Crippen LogP) is 2.77. The molecule has 0 bridgehead atoms. The molecule has 1 aromatic rings. The highest BCUT2D eigenvalue weighted by molar-refractivity contribution is 5.12. The Hall–Kier alpha value is -1.05. The normalized spacial score (nSPS) is 8.58. The minimum Gasteiger partial charge on any atom is -0.329 e. The Morgan fingerprint density at radius 3 is 2.25 bits per heavy atom. The van der Waals surface area contributed by atoms with Gasteiger partial charge in [0.2, 0.25) is 0 Å². The van der Waals surface area contributed by atoms with Crippen LogP contribution in [0.1, 0.15) is 40.2 Å². The van der Waals surface area contributed by atoms with Gasteiger partial charge in [-0.05, 0) is 12.0 Å². The van der Waals surface area contributed by atoms with Crippen molar-refractivity contribution in [1.82, 2.24) is 4.98 Å². The molecule has 0 amide bonds. The van der Waals surface area contributed by atoms with Gasteiger partial charge in [-0.25, -0.2) is 0 Å². The first-order valence-corrected chi connectivity index (χ1v) is 3.39. The van der Waals surface area contributed by atoms with E-state index in [4.69, 9.17) is 0 Å². The van der Waals surface area contributed by atoms with Gasteiger partial charge >= 0.3 is 0 Å². The van der Waals surface area contributed by atoms with Crippen molar-refractivity contribution in [3.05, 3.63) is 34.2 Å². The van der Waals surface area contributed by atoms with Crippen LogP contribution in [0, 0.1) is 0 Å². The van der Waals surface area contributed by atoms with Gasteiger partial charge in [0.25, 0.3) is 5.56 Å². The smallest absolute Gasteiger partial charge is 0.251 e. The molecule has 0 fully saturated rings. The van der Waals surface area contributed by atoms with Crippen LogP contribution in [-0.4, -0.2) is 4.98 Å². The number of H-pyrrole nitrogens is 1. The highest BCUT2D eigenvalue weighted by Crippen LogP contribution is 2.06. The van der Waals surface area contributed by atoms with Crippen LogP contribution in [0.25, 0.3) is 0 Å². The molecular weight excluding hydrogens is 150 g/mol. The molecule has 0 saturated carbocycles. The number of hydrogen-bond donors (Lipinski definition) is 1. The molecule has 2 nitrogen and oxygen atoms in total. The first-order valence-electron chi connectivity index (χ1n) is 3.39. The van der Waals surface area contributed by atoms with Crippen LogP contribution < -0.4 is 5.56 Å². The van der Waals surface area contributed by atoms with Gasteiger partial charge in [0.05, 0.1) is 0 Å². The summed E-state index contributed by atoms with van der Waals surface area (Å²) < 4.78 is 0. The number of nitrogens with one attached hydrogen (secondary N) is 1. The van der Waals surface area contributed by atoms with Crippen LogP contribution in [0.2, 0.25) is 0 Å². The first kappa shape index (κ1) is 13.5. The highest BCUT2D eigenvalue weighted by Gasteiger charge is 2.00. The highest BCUT2D eigenvalue weighted by atomic mass is 16.1. The topological polar surface area (TPSA) is 32.9 Å². The largest absolute Gasteiger partial charge is 0.329 e. The van der Waals surface area contributed by atoms with Crippen molar-refractivity contribution in [1.29, 1.82) is 0 Å². The second-order valence-corrected chi connectivity index (χ2v) is 2.61. The lowest BCUT2D eigenvalue weighted by atomic mass is 10.1. The summed E-state index contributed by atoms with van der Waals surface area (Å²) in [6.45, 7) is 4.01. The van der Waals surface area contributed by atoms with Crippen molar-refractivity contribution in [2.45, 2.75) is 34.6 Å². The summed E-state index contributed by atoms with van der Waals surface area (Å²) >= 11 is 0. The van der Waals surface area contributed by atoms with Crippen molar-refractivity contribution in [3.63, 3.8) is 0 Å². The van der Waals surface area contributed by atoms with Crippen molar-refractivity contribution < 1.29 is 0 Å². The van der Waals surface area contributed by atoms with Crippen LogP contribution >= 0.6 is 0 Å². The molecule has 1 heterocycles. The summed E-state index contributed by atoms with van der Waals surface area (Å²) in [4.78, 5) is 13.6. The van der Waals surface area contributed by atoms with Crippen molar-refractivity contribution >= 4 is 0 Å². The second kappa shape index (κ2) is 5.58. The molecule has 1 aromatic heterocycles. The molecule has 1 N–H and O–H groups in total. The first-order chi connectivity index (χ1) is 4.72. The van der Waals surface area contributed by atoms with E-state index >= 15 is 0 Å². The lowest BCUT2D eigenvalue weighted by Gasteiger charge is -2.00. The maximum absolute atomic E-state index is 11.0. The Labute approximate surface area is 74.6 Å². The van der Waals surface area contributed by atoms with E-state index in [1.807, 2.05) is 26.0 Å². The fourth-order valence-corrected chi connectivity index (χ4v) is 0.889. The van der Waals surface area contributed by atoms with Crippen molar-refractivity contribution in [2.24, 2.45) is 0 Å². The number of rotatable bonds is 1. The van der Waals surface area contributed by atoms with Gasteiger partial charge in [-0.1, -0.05) is 34.8 Å². The zero-order valence-corrected chi connectivity index (χ0v) is 6.22. The summed E-state index contributed by atoms with van der Waals surface area (Å²) in [6, 6.07) is 3.69. The summed E-state index contributed by atoms with van der Waals surface area (Å²) in [5.74, 6) is 0.310. The summed E-state index contributed by atoms with van der Waals surface area (Å²) in [6.07, 6.45) is 1.65. The lowest BCUT2D eigenvalue weighted by Crippen LogP contribution is -2.11. The summed E-state index contributed by atoms with van der Waals surface area (Å²) in [5.41, 5.74) is 0.875. The van der Waals surface area contributed by atoms with E-state index in [9.17, 15) is 4.79 Å². The SMILES string of the molecule is C.C.CC(C)c1ccc[nH]c1=O. The second-order valence-electron chi connectivity index (χ2n) is 2.61. The minimum atomic E-state index is 0. The van der Waals surface area contributed by atoms with Gasteiger partial charge in [0.15, 0.2) is 0 Å². The molecule has 12 heavy (non-hydrogen) atoms. The molecule has 0 aliphatic carbocycles. The molecule has 0 aliphatic heterocycles. The molecule has 0 saturated heterocycles. The van der Waals surface area contributed by atoms with Crippen LogP contribution in [-0.2, 0) is 0 Å². The van der Waals surface area contributed by atoms with E-state index in [2.05, 4.69) is 4.98 Å². The van der Waals surface area contributed by atoms with E-state index in [0.29, 0.717) is 5.92 Å². The Balaban J connectivity index is 0. The van der Waals surface area contributed by atoms with Crippen LogP contribution in [0.5, 0.6) is 0 Å². The minimum absolute atomic E-state index is 0. The monoisotopic (exact) mass is 169 g/mol. The third-order valence-corrected chi connectivity index (χ3v) is 1.47. The third kappa shape index (κ3) is 2.91. The van der Waals surface area contributed by atoms with Gasteiger partial charge in [-0.2, -0.15) is 0 Å². The predicted molar refractivity (Wildman–Crippen MR) is 54.6 cm³/mol. The van der Waals surface area contributed by atoms with E-state index in [1.165, 1.54) is 0 Å². The quantitative estimate of drug-likeness (QED) is 0.689. The number of hydrogen-bond acceptors (Lipinski definition) is 1. The molecule has 2 heteroatoms. The fourth-order valence-electron chi connectivity index (χ4n) is 0.889. The van der Waals surface area contributed by atoms with Crippen molar-refractivity contribution in [2.75, 3.05) is 0 Å². The van der Waals surface area contributed by atoms with Crippen LogP contribution in [0.3, 0.4) is 0 Å². The summed E-state index contributed by atoms with van der Waals surface area (Å²) in [7, 11) is 0. The Morgan fingerprint density at radius 2 is 1.92 bits per heavy atom. The Kier molecular flexibility index (Phi) is 6.29. The molecule has 0 atom stereocenters. The molecule has 1 rings (SSSR count). The van der Waals surface area contributed by atoms with Crippen LogP contribution in [0.4, 0.5) is 0 Å². The zero-order valence-electron chi connectivity index (χ0n) is 6.22. The lowest BCUT2D eigenvalue weighted by molar-refractivity contribution is 0.844. The standard InChI is InChI=1S/C8H11NO.2CH4/c1-6(2)7-4-3-5-9-8(7)10;;/h3-6H,1-2H3,(H,9,10);2*1H4. The van der Waals surface area contributed by atoms with Gasteiger partial charge < -0.3 is 4.98 Å². The zero-order chi connectivity index (χ0) is 7.56. The number of pyridine rings is 1. The van der Waals surface area contributed by atoms with E-state index in [0.717, 1.165) is 5.56 Å². The molecule has 70 valence electrons. The third-order valence-electron chi connectivity index (χ3n) is 1.47. The van der Waals surface area contributed by atoms with Gasteiger partial charge in [0.1, 0.15) is 0 Å². The number of aromatic nitrogens is 1. The molecule has 0 spiro atoms. The van der Waals surface area contributed by atoms with Gasteiger partial charge in [-0.15, -0.1) is 0 Å². The van der Waals surface area contributed by atoms with Gasteiger partial charge in [-0.3, -0.25) is 4.79 Å². The van der Waals surface area contributed by atoms with Crippen LogP contribution in [0.15, 0.2) is 23.1 Å². The summed E-state index contributed by atoms with van der Waals surface area (Å²) in [5, 5.41) is 0.